The fourth-order valence-electron chi connectivity index (χ4n) is 2.42. The maximum atomic E-state index is 13.5. The van der Waals surface area contributed by atoms with Crippen LogP contribution in [0.3, 0.4) is 0 Å². The number of hydrogen-bond donors (Lipinski definition) is 1. The molecule has 0 aliphatic heterocycles. The Bertz CT molecular complexity index is 515. The quantitative estimate of drug-likeness (QED) is 0.918. The molecule has 0 bridgehead atoms. The minimum absolute atomic E-state index is 0.0802. The first-order valence-electron chi connectivity index (χ1n) is 6.27. The van der Waals surface area contributed by atoms with Crippen molar-refractivity contribution in [3.05, 3.63) is 30.1 Å². The summed E-state index contributed by atoms with van der Waals surface area (Å²) in [6.07, 6.45) is 4.01. The van der Waals surface area contributed by atoms with Gasteiger partial charge < -0.3 is 0 Å². The number of benzene rings is 1. The number of rotatable bonds is 3. The van der Waals surface area contributed by atoms with Crippen LogP contribution in [0.1, 0.15) is 32.6 Å². The molecule has 0 saturated heterocycles. The van der Waals surface area contributed by atoms with Crippen LogP contribution in [0.2, 0.25) is 0 Å². The fraction of sp³-hybridized carbons (Fsp3) is 0.538. The van der Waals surface area contributed by atoms with Crippen LogP contribution in [-0.2, 0) is 10.0 Å². The van der Waals surface area contributed by atoms with Gasteiger partial charge >= 0.3 is 0 Å². The molecule has 0 amide bonds. The lowest BCUT2D eigenvalue weighted by Crippen LogP contribution is -2.41. The molecule has 0 spiro atoms. The Labute approximate surface area is 107 Å². The summed E-state index contributed by atoms with van der Waals surface area (Å²) in [5.74, 6) is -0.395. The number of sulfonamides is 1. The topological polar surface area (TPSA) is 46.2 Å². The van der Waals surface area contributed by atoms with Gasteiger partial charge in [0.2, 0.25) is 10.0 Å². The molecule has 0 aromatic heterocycles. The van der Waals surface area contributed by atoms with Gasteiger partial charge in [-0.25, -0.2) is 17.5 Å². The fourth-order valence-corrected chi connectivity index (χ4v) is 3.87. The Morgan fingerprint density at radius 3 is 2.56 bits per heavy atom. The third-order valence-corrected chi connectivity index (χ3v) is 5.07. The highest BCUT2D eigenvalue weighted by molar-refractivity contribution is 7.89. The Morgan fingerprint density at radius 1 is 1.22 bits per heavy atom. The standard InChI is InChI=1S/C13H18FNO2S/c1-10-6-2-4-8-12(10)15-18(16,17)13-9-5-3-7-11(13)14/h3,5,7,9-10,12,15H,2,4,6,8H2,1H3/t10-,12-/m0/s1. The van der Waals surface area contributed by atoms with Gasteiger partial charge in [0.25, 0.3) is 0 Å². The molecule has 1 aliphatic carbocycles. The molecule has 2 rings (SSSR count). The highest BCUT2D eigenvalue weighted by atomic mass is 32.2. The first-order valence-corrected chi connectivity index (χ1v) is 7.76. The lowest BCUT2D eigenvalue weighted by atomic mass is 9.87. The Morgan fingerprint density at radius 2 is 1.89 bits per heavy atom. The molecule has 1 aromatic carbocycles. The van der Waals surface area contributed by atoms with Crippen LogP contribution in [-0.4, -0.2) is 14.5 Å². The van der Waals surface area contributed by atoms with Crippen molar-refractivity contribution >= 4 is 10.0 Å². The van der Waals surface area contributed by atoms with Crippen molar-refractivity contribution in [1.82, 2.24) is 4.72 Å². The van der Waals surface area contributed by atoms with Crippen molar-refractivity contribution < 1.29 is 12.8 Å². The number of nitrogens with one attached hydrogen (secondary N) is 1. The van der Waals surface area contributed by atoms with E-state index in [9.17, 15) is 12.8 Å². The van der Waals surface area contributed by atoms with E-state index < -0.39 is 15.8 Å². The van der Waals surface area contributed by atoms with Gasteiger partial charge in [0.1, 0.15) is 10.7 Å². The largest absolute Gasteiger partial charge is 0.243 e. The van der Waals surface area contributed by atoms with E-state index in [1.54, 1.807) is 0 Å². The lowest BCUT2D eigenvalue weighted by Gasteiger charge is -2.29. The van der Waals surface area contributed by atoms with Crippen LogP contribution in [0.15, 0.2) is 29.2 Å². The normalized spacial score (nSPS) is 25.0. The lowest BCUT2D eigenvalue weighted by molar-refractivity contribution is 0.310. The highest BCUT2D eigenvalue weighted by Gasteiger charge is 2.27. The first-order chi connectivity index (χ1) is 8.50. The third kappa shape index (κ3) is 2.90. The summed E-state index contributed by atoms with van der Waals surface area (Å²) < 4.78 is 40.4. The van der Waals surface area contributed by atoms with E-state index in [-0.39, 0.29) is 10.9 Å². The predicted octanol–water partition coefficient (Wildman–Crippen LogP) is 2.68. The second kappa shape index (κ2) is 5.36. The van der Waals surface area contributed by atoms with Crippen LogP contribution < -0.4 is 4.72 Å². The monoisotopic (exact) mass is 271 g/mol. The maximum absolute atomic E-state index is 13.5. The predicted molar refractivity (Wildman–Crippen MR) is 68.1 cm³/mol. The molecule has 5 heteroatoms. The van der Waals surface area contributed by atoms with Gasteiger partial charge in [-0.3, -0.25) is 0 Å². The van der Waals surface area contributed by atoms with E-state index in [0.717, 1.165) is 25.7 Å². The molecule has 100 valence electrons. The van der Waals surface area contributed by atoms with Gasteiger partial charge in [0.15, 0.2) is 0 Å². The molecule has 3 nitrogen and oxygen atoms in total. The molecule has 2 atom stereocenters. The molecular formula is C13H18FNO2S. The van der Waals surface area contributed by atoms with Gasteiger partial charge in [-0.1, -0.05) is 31.9 Å². The minimum Gasteiger partial charge on any atom is -0.208 e. The number of hydrogen-bond acceptors (Lipinski definition) is 2. The number of halogens is 1. The summed E-state index contributed by atoms with van der Waals surface area (Å²) in [7, 11) is -3.75. The van der Waals surface area contributed by atoms with Crippen molar-refractivity contribution in [2.24, 2.45) is 5.92 Å². The SMILES string of the molecule is C[C@H]1CCCC[C@@H]1NS(=O)(=O)c1ccccc1F. The van der Waals surface area contributed by atoms with Crippen molar-refractivity contribution in [3.63, 3.8) is 0 Å². The molecule has 1 aromatic rings. The van der Waals surface area contributed by atoms with E-state index in [2.05, 4.69) is 4.72 Å². The molecule has 18 heavy (non-hydrogen) atoms. The molecule has 1 saturated carbocycles. The molecule has 1 N–H and O–H groups in total. The summed E-state index contributed by atoms with van der Waals surface area (Å²) in [5.41, 5.74) is 0. The van der Waals surface area contributed by atoms with Gasteiger partial charge in [0, 0.05) is 6.04 Å². The summed E-state index contributed by atoms with van der Waals surface area (Å²) in [4.78, 5) is -0.261. The minimum atomic E-state index is -3.75. The highest BCUT2D eigenvalue weighted by Crippen LogP contribution is 2.25. The molecule has 1 aliphatic rings. The summed E-state index contributed by atoms with van der Waals surface area (Å²) >= 11 is 0. The Kier molecular flexibility index (Phi) is 4.02. The van der Waals surface area contributed by atoms with Gasteiger partial charge in [-0.05, 0) is 30.9 Å². The first kappa shape index (κ1) is 13.5. The summed E-state index contributed by atoms with van der Waals surface area (Å²) in [6, 6.07) is 5.40. The van der Waals surface area contributed by atoms with Crippen LogP contribution in [0, 0.1) is 11.7 Å². The molecule has 1 fully saturated rings. The van der Waals surface area contributed by atoms with Crippen LogP contribution in [0.25, 0.3) is 0 Å². The van der Waals surface area contributed by atoms with E-state index in [4.69, 9.17) is 0 Å². The van der Waals surface area contributed by atoms with Crippen LogP contribution >= 0.6 is 0 Å². The smallest absolute Gasteiger partial charge is 0.208 e. The van der Waals surface area contributed by atoms with Crippen molar-refractivity contribution in [3.8, 4) is 0 Å². The zero-order valence-electron chi connectivity index (χ0n) is 10.4. The second-order valence-electron chi connectivity index (χ2n) is 4.92. The van der Waals surface area contributed by atoms with Gasteiger partial charge in [-0.2, -0.15) is 0 Å². The third-order valence-electron chi connectivity index (χ3n) is 3.54. The van der Waals surface area contributed by atoms with Gasteiger partial charge in [-0.15, -0.1) is 0 Å². The van der Waals surface area contributed by atoms with Crippen molar-refractivity contribution in [2.75, 3.05) is 0 Å². The van der Waals surface area contributed by atoms with E-state index in [1.807, 2.05) is 6.92 Å². The molecule has 0 radical (unpaired) electrons. The van der Waals surface area contributed by atoms with Crippen molar-refractivity contribution in [2.45, 2.75) is 43.5 Å². The van der Waals surface area contributed by atoms with Crippen LogP contribution in [0.5, 0.6) is 0 Å². The van der Waals surface area contributed by atoms with E-state index >= 15 is 0 Å². The molecular weight excluding hydrogens is 253 g/mol. The molecule has 0 heterocycles. The Hall–Kier alpha value is -0.940. The summed E-state index contributed by atoms with van der Waals surface area (Å²) in [5, 5.41) is 0. The van der Waals surface area contributed by atoms with Gasteiger partial charge in [0.05, 0.1) is 0 Å². The zero-order valence-corrected chi connectivity index (χ0v) is 11.2. The molecule has 0 unspecified atom stereocenters. The van der Waals surface area contributed by atoms with E-state index in [1.165, 1.54) is 24.3 Å². The van der Waals surface area contributed by atoms with Crippen molar-refractivity contribution in [1.29, 1.82) is 0 Å². The van der Waals surface area contributed by atoms with E-state index in [0.29, 0.717) is 5.92 Å². The zero-order chi connectivity index (χ0) is 13.2. The second-order valence-corrected chi connectivity index (χ2v) is 6.60. The maximum Gasteiger partial charge on any atom is 0.243 e. The Balaban J connectivity index is 2.19. The van der Waals surface area contributed by atoms with Crippen LogP contribution in [0.4, 0.5) is 4.39 Å². The summed E-state index contributed by atoms with van der Waals surface area (Å²) in [6.45, 7) is 2.04. The average Bonchev–Trinajstić information content (AvgIpc) is 2.32. The average molecular weight is 271 g/mol.